The van der Waals surface area contributed by atoms with Gasteiger partial charge in [0.2, 0.25) is 21.8 Å². The zero-order valence-electron chi connectivity index (χ0n) is 21.3. The number of carbonyl (C=O) groups is 2. The van der Waals surface area contributed by atoms with E-state index in [1.165, 1.54) is 4.90 Å². The van der Waals surface area contributed by atoms with Gasteiger partial charge in [0.25, 0.3) is 0 Å². The lowest BCUT2D eigenvalue weighted by atomic mass is 10.1. The monoisotopic (exact) mass is 521 g/mol. The molecular weight excluding hydrogens is 486 g/mol. The molecule has 2 rings (SSSR count). The van der Waals surface area contributed by atoms with Crippen molar-refractivity contribution in [3.05, 3.63) is 64.2 Å². The van der Waals surface area contributed by atoms with Gasteiger partial charge in [0.05, 0.1) is 11.9 Å². The van der Waals surface area contributed by atoms with Gasteiger partial charge in [-0.1, -0.05) is 68.3 Å². The fraction of sp³-hybridized carbons (Fsp3) is 0.462. The number of hydrogen-bond acceptors (Lipinski definition) is 4. The van der Waals surface area contributed by atoms with Crippen LogP contribution < -0.4 is 9.62 Å². The van der Waals surface area contributed by atoms with E-state index in [9.17, 15) is 18.0 Å². The molecule has 9 heteroatoms. The first-order valence-electron chi connectivity index (χ1n) is 11.7. The number of nitrogens with zero attached hydrogens (tertiary/aromatic N) is 2. The van der Waals surface area contributed by atoms with Gasteiger partial charge in [-0.05, 0) is 49.4 Å². The molecule has 0 bridgehead atoms. The van der Waals surface area contributed by atoms with Crippen LogP contribution in [0.1, 0.15) is 43.9 Å². The number of sulfonamides is 1. The van der Waals surface area contributed by atoms with Crippen molar-refractivity contribution in [1.29, 1.82) is 0 Å². The Morgan fingerprint density at radius 2 is 1.74 bits per heavy atom. The van der Waals surface area contributed by atoms with Gasteiger partial charge in [-0.3, -0.25) is 13.9 Å². The molecule has 1 atom stereocenters. The van der Waals surface area contributed by atoms with E-state index in [4.69, 9.17) is 11.6 Å². The fourth-order valence-corrected chi connectivity index (χ4v) is 4.88. The van der Waals surface area contributed by atoms with Crippen molar-refractivity contribution in [1.82, 2.24) is 10.2 Å². The molecule has 192 valence electrons. The number of anilines is 1. The number of amides is 2. The van der Waals surface area contributed by atoms with E-state index in [1.807, 2.05) is 52.0 Å². The second-order valence-electron chi connectivity index (χ2n) is 9.23. The first-order valence-corrected chi connectivity index (χ1v) is 13.9. The van der Waals surface area contributed by atoms with Gasteiger partial charge in [0, 0.05) is 18.1 Å². The largest absolute Gasteiger partial charge is 0.354 e. The molecule has 0 unspecified atom stereocenters. The Bertz CT molecular complexity index is 1150. The Balaban J connectivity index is 2.47. The average Bonchev–Trinajstić information content (AvgIpc) is 2.77. The lowest BCUT2D eigenvalue weighted by Crippen LogP contribution is -2.52. The SMILES string of the molecule is CC[C@H](C(=O)NCC(C)C)N(Cc1cccc(C)c1)C(=O)CN(c1cccc(Cl)c1C)S(C)(=O)=O. The molecule has 2 amide bonds. The minimum atomic E-state index is -3.81. The van der Waals surface area contributed by atoms with Gasteiger partial charge >= 0.3 is 0 Å². The summed E-state index contributed by atoms with van der Waals surface area (Å²) in [5, 5.41) is 3.32. The van der Waals surface area contributed by atoms with E-state index in [0.717, 1.165) is 21.7 Å². The number of nitrogens with one attached hydrogen (secondary N) is 1. The highest BCUT2D eigenvalue weighted by atomic mass is 35.5. The third kappa shape index (κ3) is 7.97. The minimum Gasteiger partial charge on any atom is -0.354 e. The van der Waals surface area contributed by atoms with E-state index >= 15 is 0 Å². The molecule has 0 aromatic heterocycles. The molecule has 0 aliphatic rings. The molecule has 2 aromatic rings. The van der Waals surface area contributed by atoms with Gasteiger partial charge in [-0.2, -0.15) is 0 Å². The standard InChI is InChI=1S/C26H36ClN3O4S/c1-7-23(26(32)28-15-18(2)3)29(16-21-11-8-10-19(4)14-21)25(31)17-30(35(6,33)34)24-13-9-12-22(27)20(24)5/h8-14,18,23H,7,15-17H2,1-6H3,(H,28,32)/t23-/m1/s1. The summed E-state index contributed by atoms with van der Waals surface area (Å²) in [5.41, 5.74) is 2.78. The molecule has 0 fully saturated rings. The molecule has 2 aromatic carbocycles. The van der Waals surface area contributed by atoms with Crippen molar-refractivity contribution in [2.75, 3.05) is 23.7 Å². The van der Waals surface area contributed by atoms with Gasteiger partial charge in [0.1, 0.15) is 12.6 Å². The molecule has 0 aliphatic heterocycles. The van der Waals surface area contributed by atoms with Crippen LogP contribution in [0.2, 0.25) is 5.02 Å². The van der Waals surface area contributed by atoms with Crippen LogP contribution in [0.5, 0.6) is 0 Å². The maximum Gasteiger partial charge on any atom is 0.244 e. The molecule has 0 spiro atoms. The molecule has 35 heavy (non-hydrogen) atoms. The smallest absolute Gasteiger partial charge is 0.244 e. The van der Waals surface area contributed by atoms with Crippen LogP contribution in [0.4, 0.5) is 5.69 Å². The van der Waals surface area contributed by atoms with Gasteiger partial charge in [-0.25, -0.2) is 8.42 Å². The summed E-state index contributed by atoms with van der Waals surface area (Å²) < 4.78 is 26.5. The lowest BCUT2D eigenvalue weighted by Gasteiger charge is -2.33. The highest BCUT2D eigenvalue weighted by Crippen LogP contribution is 2.28. The predicted octanol–water partition coefficient (Wildman–Crippen LogP) is 4.30. The molecule has 0 radical (unpaired) electrons. The lowest BCUT2D eigenvalue weighted by molar-refractivity contribution is -0.140. The molecule has 0 saturated heterocycles. The third-order valence-corrected chi connectivity index (χ3v) is 7.23. The van der Waals surface area contributed by atoms with E-state index < -0.39 is 28.5 Å². The van der Waals surface area contributed by atoms with Gasteiger partial charge < -0.3 is 10.2 Å². The second-order valence-corrected chi connectivity index (χ2v) is 11.5. The summed E-state index contributed by atoms with van der Waals surface area (Å²) in [7, 11) is -3.81. The highest BCUT2D eigenvalue weighted by molar-refractivity contribution is 7.92. The first-order chi connectivity index (χ1) is 16.3. The minimum absolute atomic E-state index is 0.181. The summed E-state index contributed by atoms with van der Waals surface area (Å²) in [6, 6.07) is 11.9. The number of aryl methyl sites for hydroxylation is 1. The van der Waals surface area contributed by atoms with Crippen LogP contribution in [0.25, 0.3) is 0 Å². The number of benzene rings is 2. The highest BCUT2D eigenvalue weighted by Gasteiger charge is 2.32. The van der Waals surface area contributed by atoms with Crippen LogP contribution in [0.15, 0.2) is 42.5 Å². The molecule has 1 N–H and O–H groups in total. The topological polar surface area (TPSA) is 86.8 Å². The fourth-order valence-electron chi connectivity index (χ4n) is 3.81. The molecule has 0 saturated carbocycles. The van der Waals surface area contributed by atoms with Crippen molar-refractivity contribution >= 4 is 39.1 Å². The van der Waals surface area contributed by atoms with Gasteiger partial charge in [-0.15, -0.1) is 0 Å². The van der Waals surface area contributed by atoms with E-state index in [-0.39, 0.29) is 18.4 Å². The van der Waals surface area contributed by atoms with Crippen LogP contribution in [-0.2, 0) is 26.2 Å². The Morgan fingerprint density at radius 3 is 2.31 bits per heavy atom. The maximum atomic E-state index is 13.7. The van der Waals surface area contributed by atoms with Crippen molar-refractivity contribution in [2.45, 2.75) is 53.6 Å². The van der Waals surface area contributed by atoms with E-state index in [0.29, 0.717) is 29.2 Å². The predicted molar refractivity (Wildman–Crippen MR) is 142 cm³/mol. The summed E-state index contributed by atoms with van der Waals surface area (Å²) in [6.07, 6.45) is 1.44. The number of rotatable bonds is 11. The van der Waals surface area contributed by atoms with Gasteiger partial charge in [0.15, 0.2) is 0 Å². The zero-order chi connectivity index (χ0) is 26.3. The Labute approximate surface area is 214 Å². The Hall–Kier alpha value is -2.58. The van der Waals surface area contributed by atoms with Crippen LogP contribution in [-0.4, -0.2) is 50.5 Å². The van der Waals surface area contributed by atoms with Crippen molar-refractivity contribution < 1.29 is 18.0 Å². The summed E-state index contributed by atoms with van der Waals surface area (Å²) in [4.78, 5) is 28.3. The summed E-state index contributed by atoms with van der Waals surface area (Å²) in [6.45, 7) is 9.71. The van der Waals surface area contributed by atoms with Crippen LogP contribution in [0, 0.1) is 19.8 Å². The Kier molecular flexibility index (Phi) is 10.2. The molecule has 0 heterocycles. The molecule has 7 nitrogen and oxygen atoms in total. The van der Waals surface area contributed by atoms with Crippen LogP contribution in [0.3, 0.4) is 0 Å². The van der Waals surface area contributed by atoms with E-state index in [1.54, 1.807) is 25.1 Å². The van der Waals surface area contributed by atoms with Crippen molar-refractivity contribution in [3.8, 4) is 0 Å². The van der Waals surface area contributed by atoms with Crippen molar-refractivity contribution in [2.24, 2.45) is 5.92 Å². The summed E-state index contributed by atoms with van der Waals surface area (Å²) in [5.74, 6) is -0.473. The summed E-state index contributed by atoms with van der Waals surface area (Å²) >= 11 is 6.23. The Morgan fingerprint density at radius 1 is 1.09 bits per heavy atom. The first kappa shape index (κ1) is 28.7. The maximum absolute atomic E-state index is 13.7. The zero-order valence-corrected chi connectivity index (χ0v) is 22.9. The number of halogens is 1. The van der Waals surface area contributed by atoms with E-state index in [2.05, 4.69) is 5.32 Å². The normalized spacial score (nSPS) is 12.3. The number of carbonyl (C=O) groups excluding carboxylic acids is 2. The average molecular weight is 522 g/mol. The second kappa shape index (κ2) is 12.4. The third-order valence-electron chi connectivity index (χ3n) is 5.69. The molecular formula is C26H36ClN3O4S. The quantitative estimate of drug-likeness (QED) is 0.477. The molecule has 0 aliphatic carbocycles. The number of hydrogen-bond donors (Lipinski definition) is 1. The van der Waals surface area contributed by atoms with Crippen molar-refractivity contribution in [3.63, 3.8) is 0 Å². The van der Waals surface area contributed by atoms with Crippen LogP contribution >= 0.6 is 11.6 Å².